The maximum Gasteiger partial charge on any atom is 0.287 e. The molecule has 0 bridgehead atoms. The first kappa shape index (κ1) is 24.7. The Morgan fingerprint density at radius 3 is 2.90 bits per heavy atom. The molecule has 0 saturated carbocycles. The van der Waals surface area contributed by atoms with Crippen LogP contribution in [0, 0.1) is 5.82 Å². The van der Waals surface area contributed by atoms with Crippen LogP contribution < -0.4 is 16.0 Å². The predicted octanol–water partition coefficient (Wildman–Crippen LogP) is 3.67. The molecule has 1 unspecified atom stereocenters. The van der Waals surface area contributed by atoms with Gasteiger partial charge in [0.25, 0.3) is 11.8 Å². The van der Waals surface area contributed by atoms with E-state index in [-0.39, 0.29) is 46.7 Å². The molecular weight excluding hydrogens is 549 g/mol. The van der Waals surface area contributed by atoms with Crippen LogP contribution in [-0.4, -0.2) is 36.6 Å². The van der Waals surface area contributed by atoms with E-state index in [0.717, 1.165) is 4.70 Å². The van der Waals surface area contributed by atoms with E-state index in [1.165, 1.54) is 46.9 Å². The number of rotatable bonds is 6. The highest BCUT2D eigenvalue weighted by molar-refractivity contribution is 7.13. The van der Waals surface area contributed by atoms with Gasteiger partial charge in [0.1, 0.15) is 23.8 Å². The maximum atomic E-state index is 14.2. The molecule has 11 nitrogen and oxygen atoms in total. The van der Waals surface area contributed by atoms with Crippen LogP contribution in [0.25, 0.3) is 10.1 Å². The number of carbonyl (C=O) groups excluding carboxylic acids is 3. The van der Waals surface area contributed by atoms with E-state index in [2.05, 4.69) is 30.3 Å². The maximum absolute atomic E-state index is 14.2. The smallest absolute Gasteiger partial charge is 0.287 e. The Morgan fingerprint density at radius 2 is 2.08 bits per heavy atom. The third-order valence-electron chi connectivity index (χ3n) is 6.09. The Kier molecular flexibility index (Phi) is 6.29. The number of anilines is 1. The van der Waals surface area contributed by atoms with E-state index in [1.54, 1.807) is 12.1 Å². The lowest BCUT2D eigenvalue weighted by Gasteiger charge is -2.28. The summed E-state index contributed by atoms with van der Waals surface area (Å²) in [6.45, 7) is -0.259. The average Bonchev–Trinajstić information content (AvgIpc) is 3.67. The molecule has 0 aliphatic carbocycles. The topological polar surface area (TPSA) is 144 Å². The van der Waals surface area contributed by atoms with Crippen LogP contribution in [0.1, 0.15) is 44.2 Å². The second-order valence-corrected chi connectivity index (χ2v) is 9.77. The van der Waals surface area contributed by atoms with Gasteiger partial charge in [-0.15, -0.1) is 0 Å². The zero-order valence-electron chi connectivity index (χ0n) is 19.8. The van der Waals surface area contributed by atoms with E-state index in [0.29, 0.717) is 11.1 Å². The minimum Gasteiger partial charge on any atom is -0.447 e. The van der Waals surface area contributed by atoms with Crippen LogP contribution >= 0.6 is 23.1 Å². The van der Waals surface area contributed by atoms with Gasteiger partial charge < -0.3 is 24.9 Å². The van der Waals surface area contributed by atoms with E-state index in [4.69, 9.17) is 16.0 Å². The van der Waals surface area contributed by atoms with Crippen molar-refractivity contribution in [3.63, 3.8) is 0 Å². The summed E-state index contributed by atoms with van der Waals surface area (Å²) < 4.78 is 25.9. The van der Waals surface area contributed by atoms with Gasteiger partial charge in [-0.05, 0) is 35.8 Å². The third kappa shape index (κ3) is 4.62. The number of hydrogen-bond acceptors (Lipinski definition) is 8. The quantitative estimate of drug-likeness (QED) is 0.285. The monoisotopic (exact) mass is 565 g/mol. The van der Waals surface area contributed by atoms with Crippen LogP contribution in [0.15, 0.2) is 59.5 Å². The summed E-state index contributed by atoms with van der Waals surface area (Å²) >= 11 is 7.55. The first-order valence-electron chi connectivity index (χ1n) is 11.5. The standard InChI is InChI=1S/C25H17ClFN7O4S/c26-16-6-5-12(27)7-15(16)19-21-22(32-24(36)20-14-3-1-2-4-17(14)39-33-20)31-23(34(21)10-18(35)30-19)25(37)29-9-13-8-28-11-38-13/h1-8,11,19H,9-10H2,(H,29,37)(H,30,35)(H,32,36). The molecule has 0 saturated heterocycles. The molecule has 1 aliphatic rings. The van der Waals surface area contributed by atoms with Gasteiger partial charge >= 0.3 is 0 Å². The zero-order valence-corrected chi connectivity index (χ0v) is 21.3. The fraction of sp³-hybridized carbons (Fsp3) is 0.120. The number of nitrogens with zero attached hydrogens (tertiary/aromatic N) is 4. The first-order chi connectivity index (χ1) is 18.9. The number of nitrogens with one attached hydrogen (secondary N) is 3. The summed E-state index contributed by atoms with van der Waals surface area (Å²) in [4.78, 5) is 47.5. The summed E-state index contributed by atoms with van der Waals surface area (Å²) in [5.41, 5.74) is 0.655. The van der Waals surface area contributed by atoms with Crippen molar-refractivity contribution in [1.82, 2.24) is 29.5 Å². The van der Waals surface area contributed by atoms with Crippen molar-refractivity contribution in [1.29, 1.82) is 0 Å². The van der Waals surface area contributed by atoms with Crippen LogP contribution in [0.2, 0.25) is 5.02 Å². The van der Waals surface area contributed by atoms with Crippen molar-refractivity contribution in [2.75, 3.05) is 5.32 Å². The van der Waals surface area contributed by atoms with E-state index in [1.807, 2.05) is 12.1 Å². The molecule has 0 spiro atoms. The van der Waals surface area contributed by atoms with Crippen molar-refractivity contribution < 1.29 is 23.2 Å². The summed E-state index contributed by atoms with van der Waals surface area (Å²) in [7, 11) is 0. The lowest BCUT2D eigenvalue weighted by molar-refractivity contribution is -0.123. The molecule has 3 aromatic heterocycles. The Bertz CT molecular complexity index is 1750. The van der Waals surface area contributed by atoms with Gasteiger partial charge in [0.15, 0.2) is 12.2 Å². The number of amides is 3. The summed E-state index contributed by atoms with van der Waals surface area (Å²) in [6.07, 6.45) is 2.67. The first-order valence-corrected chi connectivity index (χ1v) is 12.7. The molecule has 5 aromatic rings. The Hall–Kier alpha value is -4.62. The largest absolute Gasteiger partial charge is 0.447 e. The molecule has 4 heterocycles. The fourth-order valence-electron chi connectivity index (χ4n) is 4.36. The van der Waals surface area contributed by atoms with Gasteiger partial charge in [0.05, 0.1) is 29.2 Å². The van der Waals surface area contributed by atoms with Crippen molar-refractivity contribution in [3.8, 4) is 0 Å². The molecule has 1 atom stereocenters. The summed E-state index contributed by atoms with van der Waals surface area (Å²) in [5.74, 6) is -1.99. The van der Waals surface area contributed by atoms with Crippen LogP contribution in [0.4, 0.5) is 10.2 Å². The number of hydrogen-bond donors (Lipinski definition) is 3. The van der Waals surface area contributed by atoms with Crippen molar-refractivity contribution in [2.24, 2.45) is 0 Å². The van der Waals surface area contributed by atoms with Gasteiger partial charge in [-0.2, -0.15) is 4.37 Å². The molecule has 3 amide bonds. The third-order valence-corrected chi connectivity index (χ3v) is 7.26. The van der Waals surface area contributed by atoms with E-state index < -0.39 is 29.6 Å². The summed E-state index contributed by atoms with van der Waals surface area (Å²) in [6, 6.07) is 9.96. The number of carbonyl (C=O) groups is 3. The van der Waals surface area contributed by atoms with Gasteiger partial charge in [-0.3, -0.25) is 14.4 Å². The SMILES string of the molecule is O=C1Cn2c(C(=O)NCc3cnco3)nc(NC(=O)c3nsc4ccccc34)c2C(c2cc(F)ccc2Cl)N1. The Labute approximate surface area is 228 Å². The van der Waals surface area contributed by atoms with Gasteiger partial charge in [0, 0.05) is 16.0 Å². The molecule has 39 heavy (non-hydrogen) atoms. The van der Waals surface area contributed by atoms with Gasteiger partial charge in [0.2, 0.25) is 11.7 Å². The number of imidazole rings is 1. The second-order valence-electron chi connectivity index (χ2n) is 8.55. The minimum absolute atomic E-state index is 0.00720. The predicted molar refractivity (Wildman–Crippen MR) is 139 cm³/mol. The number of aromatic nitrogens is 4. The molecule has 2 aromatic carbocycles. The molecule has 6 rings (SSSR count). The Balaban J connectivity index is 1.43. The zero-order chi connectivity index (χ0) is 27.1. The molecule has 0 radical (unpaired) electrons. The highest BCUT2D eigenvalue weighted by atomic mass is 35.5. The van der Waals surface area contributed by atoms with Gasteiger partial charge in [-0.1, -0.05) is 29.8 Å². The van der Waals surface area contributed by atoms with E-state index >= 15 is 0 Å². The highest BCUT2D eigenvalue weighted by Crippen LogP contribution is 2.36. The normalized spacial score (nSPS) is 14.6. The second kappa shape index (κ2) is 9.93. The van der Waals surface area contributed by atoms with Crippen LogP contribution in [0.5, 0.6) is 0 Å². The molecule has 196 valence electrons. The summed E-state index contributed by atoms with van der Waals surface area (Å²) in [5, 5.41) is 8.99. The molecular formula is C25H17ClFN7O4S. The number of oxazole rings is 1. The fourth-order valence-corrected chi connectivity index (χ4v) is 5.36. The molecule has 1 aliphatic heterocycles. The molecule has 14 heteroatoms. The number of fused-ring (bicyclic) bond motifs is 2. The molecule has 3 N–H and O–H groups in total. The number of halogens is 2. The highest BCUT2D eigenvalue weighted by Gasteiger charge is 2.36. The van der Waals surface area contributed by atoms with Crippen molar-refractivity contribution in [3.05, 3.63) is 94.4 Å². The average molecular weight is 566 g/mol. The van der Waals surface area contributed by atoms with Crippen LogP contribution in [-0.2, 0) is 17.9 Å². The minimum atomic E-state index is -1.01. The van der Waals surface area contributed by atoms with E-state index in [9.17, 15) is 18.8 Å². The van der Waals surface area contributed by atoms with Crippen LogP contribution in [0.3, 0.4) is 0 Å². The number of benzene rings is 2. The lowest BCUT2D eigenvalue weighted by atomic mass is 10.0. The van der Waals surface area contributed by atoms with Crippen molar-refractivity contribution in [2.45, 2.75) is 19.1 Å². The Morgan fingerprint density at radius 1 is 1.23 bits per heavy atom. The molecule has 0 fully saturated rings. The van der Waals surface area contributed by atoms with Crippen molar-refractivity contribution >= 4 is 56.8 Å². The van der Waals surface area contributed by atoms with Gasteiger partial charge in [-0.25, -0.2) is 14.4 Å². The lowest BCUT2D eigenvalue weighted by Crippen LogP contribution is -2.41.